The Bertz CT molecular complexity index is 581. The maximum absolute atomic E-state index is 10.7. The van der Waals surface area contributed by atoms with Gasteiger partial charge in [-0.3, -0.25) is 0 Å². The highest BCUT2D eigenvalue weighted by molar-refractivity contribution is 9.10. The molecule has 0 atom stereocenters. The second-order valence-corrected chi connectivity index (χ2v) is 5.78. The van der Waals surface area contributed by atoms with Crippen molar-refractivity contribution in [3.05, 3.63) is 46.0 Å². The summed E-state index contributed by atoms with van der Waals surface area (Å²) in [4.78, 5) is 13.0. The van der Waals surface area contributed by atoms with E-state index in [1.54, 1.807) is 13.2 Å². The second kappa shape index (κ2) is 7.43. The zero-order valence-electron chi connectivity index (χ0n) is 11.9. The highest BCUT2D eigenvalue weighted by Crippen LogP contribution is 2.28. The molecule has 5 heteroatoms. The van der Waals surface area contributed by atoms with E-state index in [4.69, 9.17) is 9.84 Å². The smallest absolute Gasteiger partial charge is 0.328 e. The molecule has 1 aromatic rings. The van der Waals surface area contributed by atoms with Crippen LogP contribution in [0.15, 0.2) is 40.4 Å². The number of hydrogen-bond donors (Lipinski definition) is 1. The van der Waals surface area contributed by atoms with Gasteiger partial charge in [0.1, 0.15) is 0 Å². The van der Waals surface area contributed by atoms with Crippen molar-refractivity contribution in [1.29, 1.82) is 0 Å². The van der Waals surface area contributed by atoms with Crippen LogP contribution in [0.2, 0.25) is 0 Å². The topological polar surface area (TPSA) is 49.8 Å². The fourth-order valence-corrected chi connectivity index (χ4v) is 2.73. The minimum Gasteiger partial charge on any atom is -0.478 e. The average Bonchev–Trinajstić information content (AvgIpc) is 2.46. The van der Waals surface area contributed by atoms with Crippen LogP contribution in [0.1, 0.15) is 12.0 Å². The lowest BCUT2D eigenvalue weighted by Crippen LogP contribution is -2.29. The van der Waals surface area contributed by atoms with Crippen molar-refractivity contribution in [1.82, 2.24) is 0 Å². The van der Waals surface area contributed by atoms with Gasteiger partial charge in [-0.1, -0.05) is 22.0 Å². The molecule has 1 aromatic carbocycles. The van der Waals surface area contributed by atoms with E-state index < -0.39 is 5.97 Å². The maximum Gasteiger partial charge on any atom is 0.328 e. The van der Waals surface area contributed by atoms with Gasteiger partial charge < -0.3 is 14.7 Å². The molecule has 112 valence electrons. The van der Waals surface area contributed by atoms with E-state index >= 15 is 0 Å². The van der Waals surface area contributed by atoms with Crippen molar-refractivity contribution in [3.63, 3.8) is 0 Å². The zero-order valence-corrected chi connectivity index (χ0v) is 13.5. The minimum absolute atomic E-state index is 0.681. The van der Waals surface area contributed by atoms with Gasteiger partial charge in [0.2, 0.25) is 0 Å². The fraction of sp³-hybridized carbons (Fsp3) is 0.312. The second-order valence-electron chi connectivity index (χ2n) is 4.87. The lowest BCUT2D eigenvalue weighted by molar-refractivity contribution is -0.131. The van der Waals surface area contributed by atoms with Gasteiger partial charge in [-0.2, -0.15) is 0 Å². The van der Waals surface area contributed by atoms with Crippen molar-refractivity contribution in [2.45, 2.75) is 6.42 Å². The predicted molar refractivity (Wildman–Crippen MR) is 87.6 cm³/mol. The normalized spacial score (nSPS) is 15.3. The molecule has 0 aliphatic carbocycles. The molecule has 21 heavy (non-hydrogen) atoms. The third-order valence-electron chi connectivity index (χ3n) is 3.37. The first-order valence-corrected chi connectivity index (χ1v) is 7.52. The number of ether oxygens (including phenoxy) is 1. The molecule has 1 heterocycles. The van der Waals surface area contributed by atoms with Crippen LogP contribution in [0.5, 0.6) is 0 Å². The summed E-state index contributed by atoms with van der Waals surface area (Å²) >= 11 is 3.43. The molecule has 0 bridgehead atoms. The van der Waals surface area contributed by atoms with E-state index in [9.17, 15) is 4.79 Å². The Morgan fingerprint density at radius 2 is 2.33 bits per heavy atom. The summed E-state index contributed by atoms with van der Waals surface area (Å²) < 4.78 is 6.09. The Hall–Kier alpha value is -1.59. The summed E-state index contributed by atoms with van der Waals surface area (Å²) in [7, 11) is 1.71. The van der Waals surface area contributed by atoms with E-state index in [1.165, 1.54) is 11.6 Å². The molecule has 0 radical (unpaired) electrons. The Balaban J connectivity index is 2.22. The maximum atomic E-state index is 10.7. The Labute approximate surface area is 132 Å². The van der Waals surface area contributed by atoms with Gasteiger partial charge in [-0.25, -0.2) is 4.79 Å². The molecule has 0 amide bonds. The van der Waals surface area contributed by atoms with E-state index in [2.05, 4.69) is 26.9 Å². The highest BCUT2D eigenvalue weighted by atomic mass is 79.9. The molecule has 0 aromatic heterocycles. The number of methoxy groups -OCH3 is 1. The zero-order chi connectivity index (χ0) is 15.2. The van der Waals surface area contributed by atoms with Crippen molar-refractivity contribution in [3.8, 4) is 0 Å². The van der Waals surface area contributed by atoms with Crippen LogP contribution in [0.3, 0.4) is 0 Å². The summed E-state index contributed by atoms with van der Waals surface area (Å²) in [6.07, 6.45) is 5.95. The predicted octanol–water partition coefficient (Wildman–Crippen LogP) is 3.33. The third-order valence-corrected chi connectivity index (χ3v) is 3.86. The van der Waals surface area contributed by atoms with Crippen LogP contribution in [0.4, 0.5) is 5.69 Å². The number of nitrogens with zero attached hydrogens (tertiary/aromatic N) is 1. The molecule has 1 aliphatic heterocycles. The van der Waals surface area contributed by atoms with E-state index in [1.807, 2.05) is 18.2 Å². The summed E-state index contributed by atoms with van der Waals surface area (Å²) in [5, 5.41) is 8.80. The molecule has 1 aliphatic rings. The third kappa shape index (κ3) is 4.44. The Kier molecular flexibility index (Phi) is 5.59. The van der Waals surface area contributed by atoms with E-state index in [0.717, 1.165) is 35.2 Å². The van der Waals surface area contributed by atoms with Crippen LogP contribution in [-0.2, 0) is 9.53 Å². The van der Waals surface area contributed by atoms with Crippen molar-refractivity contribution in [2.24, 2.45) is 0 Å². The number of carbonyl (C=O) groups is 1. The van der Waals surface area contributed by atoms with Crippen LogP contribution in [-0.4, -0.2) is 37.9 Å². The van der Waals surface area contributed by atoms with E-state index in [0.29, 0.717) is 6.61 Å². The van der Waals surface area contributed by atoms with Crippen molar-refractivity contribution < 1.29 is 14.6 Å². The number of benzene rings is 1. The Morgan fingerprint density at radius 3 is 2.95 bits per heavy atom. The first-order valence-electron chi connectivity index (χ1n) is 6.72. The SMILES string of the molecule is COCC1=CCN(c2ccc(Br)cc2/C=C/C(=O)O)CC1. The van der Waals surface area contributed by atoms with Gasteiger partial charge in [0.05, 0.1) is 6.61 Å². The minimum atomic E-state index is -0.943. The lowest BCUT2D eigenvalue weighted by atomic mass is 10.1. The molecule has 1 N–H and O–H groups in total. The summed E-state index contributed by atoms with van der Waals surface area (Å²) in [5.74, 6) is -0.943. The molecular weight excluding hydrogens is 334 g/mol. The molecule has 0 fully saturated rings. The summed E-state index contributed by atoms with van der Waals surface area (Å²) in [6, 6.07) is 5.92. The van der Waals surface area contributed by atoms with Crippen LogP contribution >= 0.6 is 15.9 Å². The van der Waals surface area contributed by atoms with Crippen LogP contribution in [0, 0.1) is 0 Å². The van der Waals surface area contributed by atoms with Gasteiger partial charge in [0.15, 0.2) is 0 Å². The first-order chi connectivity index (χ1) is 10.1. The molecule has 0 saturated heterocycles. The Morgan fingerprint density at radius 1 is 1.52 bits per heavy atom. The van der Waals surface area contributed by atoms with Gasteiger partial charge >= 0.3 is 5.97 Å². The fourth-order valence-electron chi connectivity index (χ4n) is 2.35. The average molecular weight is 352 g/mol. The number of halogens is 1. The highest BCUT2D eigenvalue weighted by Gasteiger charge is 2.14. The molecular formula is C16H18BrNO3. The molecule has 0 saturated carbocycles. The number of hydrogen-bond acceptors (Lipinski definition) is 3. The van der Waals surface area contributed by atoms with E-state index in [-0.39, 0.29) is 0 Å². The molecule has 2 rings (SSSR count). The van der Waals surface area contributed by atoms with Crippen molar-refractivity contribution in [2.75, 3.05) is 31.7 Å². The first kappa shape index (κ1) is 15.8. The summed E-state index contributed by atoms with van der Waals surface area (Å²) in [5.41, 5.74) is 3.26. The largest absolute Gasteiger partial charge is 0.478 e. The van der Waals surface area contributed by atoms with Crippen LogP contribution < -0.4 is 4.90 Å². The van der Waals surface area contributed by atoms with Gasteiger partial charge in [0, 0.05) is 36.4 Å². The quantitative estimate of drug-likeness (QED) is 0.652. The lowest BCUT2D eigenvalue weighted by Gasteiger charge is -2.29. The van der Waals surface area contributed by atoms with Crippen molar-refractivity contribution >= 4 is 33.7 Å². The van der Waals surface area contributed by atoms with Gasteiger partial charge in [0.25, 0.3) is 0 Å². The number of carboxylic acid groups (broad SMARTS) is 1. The number of aliphatic carboxylic acids is 1. The molecule has 0 spiro atoms. The van der Waals surface area contributed by atoms with Crippen LogP contribution in [0.25, 0.3) is 6.08 Å². The monoisotopic (exact) mass is 351 g/mol. The number of carboxylic acids is 1. The van der Waals surface area contributed by atoms with Gasteiger partial charge in [-0.05, 0) is 41.8 Å². The van der Waals surface area contributed by atoms with Gasteiger partial charge in [-0.15, -0.1) is 0 Å². The number of anilines is 1. The standard InChI is InChI=1S/C16H18BrNO3/c1-21-11-12-6-8-18(9-7-12)15-4-3-14(17)10-13(15)2-5-16(19)20/h2-6,10H,7-9,11H2,1H3,(H,19,20)/b5-2+. The number of rotatable bonds is 5. The molecule has 0 unspecified atom stereocenters. The molecule has 4 nitrogen and oxygen atoms in total. The summed E-state index contributed by atoms with van der Waals surface area (Å²) in [6.45, 7) is 2.40.